The van der Waals surface area contributed by atoms with Gasteiger partial charge in [-0.2, -0.15) is 0 Å². The summed E-state index contributed by atoms with van der Waals surface area (Å²) >= 11 is 0. The van der Waals surface area contributed by atoms with Gasteiger partial charge in [0.2, 0.25) is 0 Å². The Morgan fingerprint density at radius 3 is 2.38 bits per heavy atom. The lowest BCUT2D eigenvalue weighted by Crippen LogP contribution is -1.90. The van der Waals surface area contributed by atoms with Crippen LogP contribution in [0.1, 0.15) is 6.92 Å². The molecule has 0 aliphatic carbocycles. The molecule has 0 heterocycles. The third-order valence-corrected chi connectivity index (χ3v) is 0.649. The fourth-order valence-electron chi connectivity index (χ4n) is 0.233. The van der Waals surface area contributed by atoms with Crippen molar-refractivity contribution < 1.29 is 14.6 Å². The number of carbonyl (C=O) groups is 1. The molecule has 0 saturated heterocycles. The Balaban J connectivity index is 3.75. The normalized spacial score (nSPS) is 11.0. The van der Waals surface area contributed by atoms with Crippen molar-refractivity contribution in [2.24, 2.45) is 0 Å². The van der Waals surface area contributed by atoms with Crippen LogP contribution in [0.5, 0.6) is 0 Å². The van der Waals surface area contributed by atoms with Gasteiger partial charge in [-0.3, -0.25) is 0 Å². The van der Waals surface area contributed by atoms with Crippen LogP contribution in [-0.4, -0.2) is 18.2 Å². The zero-order valence-corrected chi connectivity index (χ0v) is 4.84. The van der Waals surface area contributed by atoms with Crippen LogP contribution in [0.25, 0.3) is 0 Å². The van der Waals surface area contributed by atoms with Gasteiger partial charge in [0.1, 0.15) is 0 Å². The summed E-state index contributed by atoms with van der Waals surface area (Å²) in [6.45, 7) is 1.58. The molecular weight excluding hydrogens is 108 g/mol. The van der Waals surface area contributed by atoms with Crippen LogP contribution in [-0.2, 0) is 9.53 Å². The van der Waals surface area contributed by atoms with E-state index in [1.807, 2.05) is 0 Å². The lowest BCUT2D eigenvalue weighted by Gasteiger charge is -1.92. The first-order valence-corrected chi connectivity index (χ1v) is 2.12. The lowest BCUT2D eigenvalue weighted by atomic mass is 10.5. The van der Waals surface area contributed by atoms with Gasteiger partial charge in [-0.1, -0.05) is 0 Å². The average molecular weight is 116 g/mol. The molecule has 0 aliphatic rings. The first kappa shape index (κ1) is 7.01. The fourth-order valence-corrected chi connectivity index (χ4v) is 0.233. The molecule has 46 valence electrons. The predicted octanol–water partition coefficient (Wildman–Crippen LogP) is 0.621. The summed E-state index contributed by atoms with van der Waals surface area (Å²) in [5, 5.41) is 8.06. The van der Waals surface area contributed by atoms with Crippen LogP contribution >= 0.6 is 0 Å². The van der Waals surface area contributed by atoms with Gasteiger partial charge in [-0.15, -0.1) is 0 Å². The SMILES string of the molecule is CO/C(C)=C\C(=O)O. The summed E-state index contributed by atoms with van der Waals surface area (Å²) in [5.74, 6) is -0.582. The molecule has 1 N–H and O–H groups in total. The van der Waals surface area contributed by atoms with Crippen molar-refractivity contribution in [3.05, 3.63) is 11.8 Å². The Morgan fingerprint density at radius 1 is 1.75 bits per heavy atom. The zero-order valence-electron chi connectivity index (χ0n) is 4.84. The highest BCUT2D eigenvalue weighted by Gasteiger charge is 1.89. The minimum Gasteiger partial charge on any atom is -0.501 e. The third kappa shape index (κ3) is 3.21. The van der Waals surface area contributed by atoms with Gasteiger partial charge in [0.25, 0.3) is 0 Å². The minimum atomic E-state index is -0.982. The largest absolute Gasteiger partial charge is 0.501 e. The van der Waals surface area contributed by atoms with Crippen LogP contribution in [0.3, 0.4) is 0 Å². The second-order valence-electron chi connectivity index (χ2n) is 1.30. The van der Waals surface area contributed by atoms with Gasteiger partial charge in [0, 0.05) is 0 Å². The highest BCUT2D eigenvalue weighted by Crippen LogP contribution is 1.89. The van der Waals surface area contributed by atoms with Gasteiger partial charge in [0.15, 0.2) is 0 Å². The van der Waals surface area contributed by atoms with E-state index in [0.29, 0.717) is 5.76 Å². The Morgan fingerprint density at radius 2 is 2.25 bits per heavy atom. The van der Waals surface area contributed by atoms with Crippen LogP contribution in [0, 0.1) is 0 Å². The van der Waals surface area contributed by atoms with E-state index in [4.69, 9.17) is 5.11 Å². The standard InChI is InChI=1S/C5H8O3/c1-4(8-2)3-5(6)7/h3H,1-2H3,(H,6,7)/b4-3-. The van der Waals surface area contributed by atoms with E-state index in [9.17, 15) is 4.79 Å². The number of methoxy groups -OCH3 is 1. The van der Waals surface area contributed by atoms with Crippen molar-refractivity contribution in [1.29, 1.82) is 0 Å². The molecule has 0 aromatic carbocycles. The molecule has 0 bridgehead atoms. The van der Waals surface area contributed by atoms with Gasteiger partial charge < -0.3 is 9.84 Å². The molecule has 0 aromatic heterocycles. The summed E-state index contributed by atoms with van der Waals surface area (Å²) in [7, 11) is 1.43. The number of carboxylic acids is 1. The first-order chi connectivity index (χ1) is 3.66. The molecule has 0 saturated carbocycles. The molecule has 0 rings (SSSR count). The molecule has 0 spiro atoms. The van der Waals surface area contributed by atoms with E-state index in [2.05, 4.69) is 4.74 Å². The van der Waals surface area contributed by atoms with Crippen molar-refractivity contribution in [3.8, 4) is 0 Å². The average Bonchev–Trinajstić information content (AvgIpc) is 1.65. The van der Waals surface area contributed by atoms with E-state index in [-0.39, 0.29) is 0 Å². The molecule has 0 amide bonds. The molecule has 3 heteroatoms. The fraction of sp³-hybridized carbons (Fsp3) is 0.400. The Kier molecular flexibility index (Phi) is 2.69. The predicted molar refractivity (Wildman–Crippen MR) is 28.4 cm³/mol. The van der Waals surface area contributed by atoms with Crippen molar-refractivity contribution in [2.75, 3.05) is 7.11 Å². The topological polar surface area (TPSA) is 46.5 Å². The molecule has 0 unspecified atom stereocenters. The molecule has 3 nitrogen and oxygen atoms in total. The Hall–Kier alpha value is -0.990. The molecule has 8 heavy (non-hydrogen) atoms. The number of hydrogen-bond donors (Lipinski definition) is 1. The smallest absolute Gasteiger partial charge is 0.331 e. The molecular formula is C5H8O3. The lowest BCUT2D eigenvalue weighted by molar-refractivity contribution is -0.131. The van der Waals surface area contributed by atoms with Gasteiger partial charge in [-0.05, 0) is 6.92 Å². The molecule has 0 fully saturated rings. The maximum absolute atomic E-state index is 9.81. The van der Waals surface area contributed by atoms with E-state index >= 15 is 0 Å². The second-order valence-corrected chi connectivity index (χ2v) is 1.30. The van der Waals surface area contributed by atoms with E-state index in [0.717, 1.165) is 6.08 Å². The summed E-state index contributed by atoms with van der Waals surface area (Å²) in [6.07, 6.45) is 1.00. The zero-order chi connectivity index (χ0) is 6.57. The molecule has 0 aromatic rings. The van der Waals surface area contributed by atoms with E-state index in [1.54, 1.807) is 6.92 Å². The summed E-state index contributed by atoms with van der Waals surface area (Å²) < 4.78 is 4.54. The number of carboxylic acid groups (broad SMARTS) is 1. The van der Waals surface area contributed by atoms with Gasteiger partial charge >= 0.3 is 5.97 Å². The second kappa shape index (κ2) is 3.07. The van der Waals surface area contributed by atoms with Crippen molar-refractivity contribution in [1.82, 2.24) is 0 Å². The number of rotatable bonds is 2. The highest BCUT2D eigenvalue weighted by atomic mass is 16.5. The van der Waals surface area contributed by atoms with Gasteiger partial charge in [0.05, 0.1) is 18.9 Å². The van der Waals surface area contributed by atoms with Crippen LogP contribution in [0.2, 0.25) is 0 Å². The van der Waals surface area contributed by atoms with Crippen molar-refractivity contribution in [3.63, 3.8) is 0 Å². The Labute approximate surface area is 47.6 Å². The molecule has 0 aliphatic heterocycles. The van der Waals surface area contributed by atoms with E-state index < -0.39 is 5.97 Å². The van der Waals surface area contributed by atoms with Crippen LogP contribution in [0.15, 0.2) is 11.8 Å². The highest BCUT2D eigenvalue weighted by molar-refractivity contribution is 5.80. The van der Waals surface area contributed by atoms with E-state index in [1.165, 1.54) is 7.11 Å². The molecule has 0 radical (unpaired) electrons. The summed E-state index contributed by atoms with van der Waals surface area (Å²) in [5.41, 5.74) is 0. The van der Waals surface area contributed by atoms with Crippen molar-refractivity contribution >= 4 is 5.97 Å². The maximum Gasteiger partial charge on any atom is 0.331 e. The van der Waals surface area contributed by atoms with Gasteiger partial charge in [-0.25, -0.2) is 4.79 Å². The monoisotopic (exact) mass is 116 g/mol. The quantitative estimate of drug-likeness (QED) is 0.425. The number of ether oxygens (including phenoxy) is 1. The van der Waals surface area contributed by atoms with Crippen LogP contribution < -0.4 is 0 Å². The maximum atomic E-state index is 9.81. The Bertz CT molecular complexity index is 115. The molecule has 0 atom stereocenters. The third-order valence-electron chi connectivity index (χ3n) is 0.649. The first-order valence-electron chi connectivity index (χ1n) is 2.12. The van der Waals surface area contributed by atoms with Crippen LogP contribution in [0.4, 0.5) is 0 Å². The summed E-state index contributed by atoms with van der Waals surface area (Å²) in [6, 6.07) is 0. The van der Waals surface area contributed by atoms with Crippen molar-refractivity contribution in [2.45, 2.75) is 6.92 Å². The minimum absolute atomic E-state index is 0.400. The summed E-state index contributed by atoms with van der Waals surface area (Å²) in [4.78, 5) is 9.81. The number of hydrogen-bond acceptors (Lipinski definition) is 2. The number of aliphatic carboxylic acids is 1. The number of allylic oxidation sites excluding steroid dienone is 1.